The molecule has 0 aliphatic carbocycles. The van der Waals surface area contributed by atoms with Crippen molar-refractivity contribution in [1.82, 2.24) is 14.4 Å². The summed E-state index contributed by atoms with van der Waals surface area (Å²) < 4.78 is 19.9. The number of carbonyl (C=O) groups excluding carboxylic acids is 1. The molecule has 0 radical (unpaired) electrons. The van der Waals surface area contributed by atoms with E-state index in [0.29, 0.717) is 24.8 Å². The van der Waals surface area contributed by atoms with Crippen LogP contribution in [0.1, 0.15) is 5.56 Å². The number of carbonyl (C=O) groups is 1. The van der Waals surface area contributed by atoms with Gasteiger partial charge in [0.05, 0.1) is 25.5 Å². The third-order valence-corrected chi connectivity index (χ3v) is 5.19. The molecule has 0 bridgehead atoms. The molecule has 0 saturated carbocycles. The zero-order valence-electron chi connectivity index (χ0n) is 17.6. The number of nitrogens with zero attached hydrogens (tertiary/aromatic N) is 5. The number of benzene rings is 1. The predicted octanol–water partition coefficient (Wildman–Crippen LogP) is 3.91. The molecule has 0 fully saturated rings. The van der Waals surface area contributed by atoms with Crippen molar-refractivity contribution >= 4 is 29.1 Å². The molecule has 4 aromatic rings. The van der Waals surface area contributed by atoms with E-state index in [9.17, 15) is 9.18 Å². The molecule has 1 amide bonds. The molecule has 4 heterocycles. The monoisotopic (exact) mass is 446 g/mol. The van der Waals surface area contributed by atoms with Gasteiger partial charge < -0.3 is 14.5 Å². The van der Waals surface area contributed by atoms with E-state index >= 15 is 0 Å². The highest BCUT2D eigenvalue weighted by Gasteiger charge is 2.21. The molecule has 9 nitrogen and oxygen atoms in total. The predicted molar refractivity (Wildman–Crippen MR) is 121 cm³/mol. The minimum absolute atomic E-state index is 0.295. The summed E-state index contributed by atoms with van der Waals surface area (Å²) >= 11 is 0. The Balaban J connectivity index is 1.49. The number of nitrogens with one attached hydrogen (secondary N) is 1. The van der Waals surface area contributed by atoms with Crippen LogP contribution in [0, 0.1) is 5.82 Å². The third kappa shape index (κ3) is 4.05. The van der Waals surface area contributed by atoms with Crippen LogP contribution in [0.5, 0.6) is 0 Å². The third-order valence-electron chi connectivity index (χ3n) is 5.19. The van der Waals surface area contributed by atoms with Gasteiger partial charge in [0, 0.05) is 29.2 Å². The number of amidine groups is 1. The Morgan fingerprint density at radius 3 is 2.64 bits per heavy atom. The highest BCUT2D eigenvalue weighted by Crippen LogP contribution is 2.25. The number of rotatable bonds is 4. The van der Waals surface area contributed by atoms with E-state index in [1.54, 1.807) is 30.6 Å². The summed E-state index contributed by atoms with van der Waals surface area (Å²) in [6.07, 6.45) is 4.73. The lowest BCUT2D eigenvalue weighted by atomic mass is 10.2. The molecular formula is C23H19FN6O3. The average molecular weight is 446 g/mol. The Bertz CT molecular complexity index is 1330. The summed E-state index contributed by atoms with van der Waals surface area (Å²) in [5.74, 6) is 0.699. The van der Waals surface area contributed by atoms with Crippen LogP contribution >= 0.6 is 0 Å². The Morgan fingerprint density at radius 1 is 1.06 bits per heavy atom. The van der Waals surface area contributed by atoms with Crippen LogP contribution in [-0.4, -0.2) is 46.6 Å². The minimum Gasteiger partial charge on any atom is -0.453 e. The van der Waals surface area contributed by atoms with E-state index in [1.807, 2.05) is 33.7 Å². The van der Waals surface area contributed by atoms with Crippen LogP contribution in [0.25, 0.3) is 16.9 Å². The molecule has 1 N–H and O–H groups in total. The van der Waals surface area contributed by atoms with Crippen LogP contribution in [-0.2, 0) is 9.57 Å². The second-order valence-electron chi connectivity index (χ2n) is 7.21. The van der Waals surface area contributed by atoms with Crippen molar-refractivity contribution in [3.8, 4) is 11.3 Å². The first-order chi connectivity index (χ1) is 16.1. The van der Waals surface area contributed by atoms with Gasteiger partial charge in [-0.25, -0.2) is 19.2 Å². The molecule has 0 atom stereocenters. The molecule has 0 saturated heterocycles. The first-order valence-electron chi connectivity index (χ1n) is 10.1. The zero-order chi connectivity index (χ0) is 22.8. The highest BCUT2D eigenvalue weighted by molar-refractivity contribution is 6.10. The average Bonchev–Trinajstić information content (AvgIpc) is 3.28. The summed E-state index contributed by atoms with van der Waals surface area (Å²) in [5.41, 5.74) is 4.00. The van der Waals surface area contributed by atoms with Crippen molar-refractivity contribution in [3.63, 3.8) is 0 Å². The number of hydrogen-bond donors (Lipinski definition) is 1. The van der Waals surface area contributed by atoms with Gasteiger partial charge in [-0.1, -0.05) is 5.16 Å². The summed E-state index contributed by atoms with van der Waals surface area (Å²) in [5, 5.41) is 6.80. The largest absolute Gasteiger partial charge is 0.453 e. The maximum absolute atomic E-state index is 13.4. The molecule has 3 aromatic heterocycles. The van der Waals surface area contributed by atoms with Gasteiger partial charge in [0.15, 0.2) is 5.84 Å². The number of imidazole rings is 1. The standard InChI is InChI=1S/C23H19FN6O3/c1-32-23(31)27-20-8-2-15(12-25-20)19-13-26-21-9-3-16(14-30(19)21)22-28-33-11-10-29(22)18-6-4-17(24)5-7-18/h2-9,12-14H,10-11H2,1H3,(H,25,27,31). The van der Waals surface area contributed by atoms with E-state index in [1.165, 1.54) is 19.2 Å². The lowest BCUT2D eigenvalue weighted by Crippen LogP contribution is -2.38. The maximum atomic E-state index is 13.4. The highest BCUT2D eigenvalue weighted by atomic mass is 19.1. The normalized spacial score (nSPS) is 13.4. The van der Waals surface area contributed by atoms with Gasteiger partial charge in [-0.05, 0) is 48.5 Å². The Morgan fingerprint density at radius 2 is 1.88 bits per heavy atom. The number of ether oxygens (including phenoxy) is 1. The van der Waals surface area contributed by atoms with Crippen LogP contribution in [0.15, 0.2) is 72.3 Å². The Hall–Kier alpha value is -4.47. The molecule has 0 unspecified atom stereocenters. The fourth-order valence-electron chi connectivity index (χ4n) is 3.58. The molecule has 1 aliphatic heterocycles. The minimum atomic E-state index is -0.587. The Labute approximate surface area is 188 Å². The van der Waals surface area contributed by atoms with Crippen molar-refractivity contribution in [3.05, 3.63) is 78.5 Å². The molecular weight excluding hydrogens is 427 g/mol. The van der Waals surface area contributed by atoms with Crippen molar-refractivity contribution in [2.75, 3.05) is 30.5 Å². The second-order valence-corrected chi connectivity index (χ2v) is 7.21. The molecule has 166 valence electrons. The number of hydrogen-bond acceptors (Lipinski definition) is 7. The summed E-state index contributed by atoms with van der Waals surface area (Å²) in [6, 6.07) is 13.6. The second kappa shape index (κ2) is 8.58. The van der Waals surface area contributed by atoms with E-state index in [2.05, 4.69) is 25.2 Å². The van der Waals surface area contributed by atoms with Crippen LogP contribution < -0.4 is 10.2 Å². The van der Waals surface area contributed by atoms with Crippen LogP contribution in [0.4, 0.5) is 20.7 Å². The summed E-state index contributed by atoms with van der Waals surface area (Å²) in [4.78, 5) is 27.5. The number of fused-ring (bicyclic) bond motifs is 1. The fourth-order valence-corrected chi connectivity index (χ4v) is 3.58. The van der Waals surface area contributed by atoms with E-state index in [4.69, 9.17) is 4.84 Å². The smallest absolute Gasteiger partial charge is 0.412 e. The quantitative estimate of drug-likeness (QED) is 0.511. The van der Waals surface area contributed by atoms with E-state index < -0.39 is 6.09 Å². The van der Waals surface area contributed by atoms with Crippen molar-refractivity contribution in [2.24, 2.45) is 5.16 Å². The van der Waals surface area contributed by atoms with Gasteiger partial charge in [-0.15, -0.1) is 0 Å². The number of amides is 1. The number of pyridine rings is 2. The lowest BCUT2D eigenvalue weighted by molar-refractivity contribution is 0.142. The van der Waals surface area contributed by atoms with Gasteiger partial charge in [-0.3, -0.25) is 9.72 Å². The summed E-state index contributed by atoms with van der Waals surface area (Å²) in [6.45, 7) is 1.01. The number of oxime groups is 1. The number of methoxy groups -OCH3 is 1. The fraction of sp³-hybridized carbons (Fsp3) is 0.130. The van der Waals surface area contributed by atoms with Gasteiger partial charge in [0.25, 0.3) is 0 Å². The SMILES string of the molecule is COC(=O)Nc1ccc(-c2cnc3ccc(C4=NOCCN4c4ccc(F)cc4)cn23)cn1. The van der Waals surface area contributed by atoms with Gasteiger partial charge in [-0.2, -0.15) is 0 Å². The lowest BCUT2D eigenvalue weighted by Gasteiger charge is -2.28. The first kappa shape index (κ1) is 20.4. The van der Waals surface area contributed by atoms with Gasteiger partial charge >= 0.3 is 6.09 Å². The van der Waals surface area contributed by atoms with Crippen molar-refractivity contribution < 1.29 is 18.8 Å². The number of aromatic nitrogens is 3. The number of anilines is 2. The molecule has 0 spiro atoms. The van der Waals surface area contributed by atoms with Crippen LogP contribution in [0.2, 0.25) is 0 Å². The van der Waals surface area contributed by atoms with Crippen LogP contribution in [0.3, 0.4) is 0 Å². The number of halogens is 1. The van der Waals surface area contributed by atoms with E-state index in [0.717, 1.165) is 28.2 Å². The van der Waals surface area contributed by atoms with Crippen molar-refractivity contribution in [1.29, 1.82) is 0 Å². The van der Waals surface area contributed by atoms with Crippen molar-refractivity contribution in [2.45, 2.75) is 0 Å². The molecule has 33 heavy (non-hydrogen) atoms. The molecule has 1 aliphatic rings. The molecule has 5 rings (SSSR count). The Kier molecular flexibility index (Phi) is 5.31. The van der Waals surface area contributed by atoms with E-state index in [-0.39, 0.29) is 5.82 Å². The van der Waals surface area contributed by atoms with Gasteiger partial charge in [0.2, 0.25) is 0 Å². The topological polar surface area (TPSA) is 93.3 Å². The zero-order valence-corrected chi connectivity index (χ0v) is 17.6. The first-order valence-corrected chi connectivity index (χ1v) is 10.1. The molecule has 10 heteroatoms. The summed E-state index contributed by atoms with van der Waals surface area (Å²) in [7, 11) is 1.29. The maximum Gasteiger partial charge on any atom is 0.412 e. The van der Waals surface area contributed by atoms with Gasteiger partial charge in [0.1, 0.15) is 23.9 Å². The molecule has 1 aromatic carbocycles.